The van der Waals surface area contributed by atoms with Crippen LogP contribution in [0.5, 0.6) is 0 Å². The van der Waals surface area contributed by atoms with Gasteiger partial charge in [-0.1, -0.05) is 66.8 Å². The van der Waals surface area contributed by atoms with Crippen LogP contribution < -0.4 is 0 Å². The number of rotatable bonds is 20. The number of carbonyl (C=O) groups excluding carboxylic acids is 3. The Morgan fingerprint density at radius 1 is 0.428 bits per heavy atom. The summed E-state index contributed by atoms with van der Waals surface area (Å²) in [6, 6.07) is 10.3. The van der Waals surface area contributed by atoms with Gasteiger partial charge in [-0.15, -0.1) is 0 Å². The molecule has 18 rings (SSSR count). The zero-order valence-corrected chi connectivity index (χ0v) is 83.8. The average molecular weight is 1980 g/mol. The second-order valence-electron chi connectivity index (χ2n) is 44.2. The van der Waals surface area contributed by atoms with Crippen molar-refractivity contribution in [3.63, 3.8) is 0 Å². The number of nitrogens with zero attached hydrogens (tertiary/aromatic N) is 18. The molecule has 8 aromatic rings. The normalized spacial score (nSPS) is 25.1. The lowest BCUT2D eigenvalue weighted by atomic mass is 9.73. The molecule has 3 spiro atoms. The third-order valence-electron chi connectivity index (χ3n) is 33.1. The quantitative estimate of drug-likeness (QED) is 0.0510. The van der Waals surface area contributed by atoms with Gasteiger partial charge >= 0.3 is 0 Å². The number of hydrogen-bond donors (Lipinski definition) is 0. The molecule has 742 valence electrons. The maximum atomic E-state index is 16.7. The first-order valence-corrected chi connectivity index (χ1v) is 49.6. The SMILES string of the molecule is CC1=C(Cl)CC2C(=N1)C1(CCN(C(=O)[C@@H]3CCN(C(C)(C)CCn4ncnc4C(C)(C)C4OC5(CCN(C(=O)[C@@H]6CCN(C(C)(C)CCn7ncnc7C(C)(C)C7OC8(CCN(C(=O)[C@@H]9CCN(C(C)(C)C)C[C@H]9c9ccc(F)c(F)c9F)CC8)c8nc(C)c(Cl)cc87)C[C@H]6c6ccc(F)c(F)c6F)CC5)c5nc(C)c(Cl)cc54)C[C@H]3c3ccc(F)c(F)c3F)CC1)OC2C(C)(C)c1ncnn1C. The summed E-state index contributed by atoms with van der Waals surface area (Å²) in [5, 5.41) is 15.5. The van der Waals surface area contributed by atoms with E-state index < -0.39 is 144 Å². The number of halogens is 12. The number of benzene rings is 3. The molecule has 5 aromatic heterocycles. The molecule has 0 N–H and O–H groups in total. The first kappa shape index (κ1) is 99.3. The van der Waals surface area contributed by atoms with Crippen molar-refractivity contribution in [2.24, 2.45) is 35.7 Å². The summed E-state index contributed by atoms with van der Waals surface area (Å²) < 4.78 is 167. The molecular formula is C102H124Cl3F9N18O6. The number of aromatic nitrogens is 11. The number of aryl methyl sites for hydroxylation is 5. The summed E-state index contributed by atoms with van der Waals surface area (Å²) in [5.41, 5.74) is -1.51. The van der Waals surface area contributed by atoms with Gasteiger partial charge in [-0.3, -0.25) is 48.7 Å². The number of pyridine rings is 2. The number of hydrogen-bond acceptors (Lipinski definition) is 18. The molecule has 0 aliphatic carbocycles. The standard InChI is InChI=1S/C102H124Cl3F9N18O6/c1-55-70(103)46-64-82(121-55)100(136-85(64)97(11,12)91-115-52-118-124(91)17)29-38-126(39-30-100)89(134)62-25-36-129(50-68(62)59-19-22-74(107)80(113)77(59)110)95(7,8)27-45-132-93(117-54-120-132)99(15,16)87-66-48-72(105)57(3)123-84(66)102(138-87)33-42-127(43-34-102)90(135)63-26-37-130(51-69(63)60-20-23-75(108)81(114)78(60)111)96(9,10)28-44-131-92(116-53-119-131)98(13,14)86-65-47-71(104)56(2)122-83(65)101(137-86)31-40-125(41-32-101)88(133)61-24-35-128(94(4,5)6)49-67(61)58-18-21-73(106)79(112)76(58)109/h18-23,47-48,52-54,61-64,67-69,85-87H,24-46,49-51H2,1-17H3/t61-,62-,63-,64?,67+,68+,69+,85?,86?,87?/m1/s1. The fourth-order valence-electron chi connectivity index (χ4n) is 24.7. The Morgan fingerprint density at radius 2 is 0.783 bits per heavy atom. The lowest BCUT2D eigenvalue weighted by Crippen LogP contribution is -2.56. The zero-order chi connectivity index (χ0) is 98.9. The van der Waals surface area contributed by atoms with Crippen LogP contribution in [-0.4, -0.2) is 214 Å². The van der Waals surface area contributed by atoms with Crippen LogP contribution in [0.4, 0.5) is 39.5 Å². The van der Waals surface area contributed by atoms with Crippen LogP contribution in [0, 0.1) is 89.9 Å². The van der Waals surface area contributed by atoms with Crippen molar-refractivity contribution < 1.29 is 68.1 Å². The lowest BCUT2D eigenvalue weighted by molar-refractivity contribution is -0.154. The van der Waals surface area contributed by atoms with Gasteiger partial charge in [-0.2, -0.15) is 15.3 Å². The molecule has 15 heterocycles. The molecule has 10 aliphatic rings. The van der Waals surface area contributed by atoms with Crippen LogP contribution in [0.15, 0.2) is 83.2 Å². The highest BCUT2D eigenvalue weighted by molar-refractivity contribution is 6.31. The summed E-state index contributed by atoms with van der Waals surface area (Å²) in [5.74, 6) is -16.6. The maximum absolute atomic E-state index is 16.7. The monoisotopic (exact) mass is 1970 g/mol. The van der Waals surface area contributed by atoms with E-state index in [9.17, 15) is 18.0 Å². The predicted octanol–water partition coefficient (Wildman–Crippen LogP) is 18.5. The average Bonchev–Trinajstić information content (AvgIpc) is 1.57. The van der Waals surface area contributed by atoms with Gasteiger partial charge in [0.2, 0.25) is 17.7 Å². The Labute approximate surface area is 814 Å². The van der Waals surface area contributed by atoms with Crippen molar-refractivity contribution in [1.82, 2.24) is 83.7 Å². The first-order chi connectivity index (χ1) is 65.0. The Hall–Kier alpha value is -8.80. The Kier molecular flexibility index (Phi) is 26.3. The van der Waals surface area contributed by atoms with Gasteiger partial charge in [-0.25, -0.2) is 63.8 Å². The summed E-state index contributed by atoms with van der Waals surface area (Å²) in [6.07, 6.45) is 7.32. The predicted molar refractivity (Wildman–Crippen MR) is 502 cm³/mol. The molecule has 24 nitrogen and oxygen atoms in total. The van der Waals surface area contributed by atoms with Crippen LogP contribution >= 0.6 is 34.8 Å². The fraction of sp³-hybridized carbons (Fsp3) is 0.608. The third-order valence-corrected chi connectivity index (χ3v) is 34.3. The minimum absolute atomic E-state index is 0.0331. The number of fused-ring (bicyclic) bond motifs is 6. The van der Waals surface area contributed by atoms with Crippen molar-refractivity contribution in [3.8, 4) is 0 Å². The lowest BCUT2D eigenvalue weighted by Gasteiger charge is -2.48. The minimum atomic E-state index is -1.63. The first-order valence-electron chi connectivity index (χ1n) is 48.5. The molecule has 0 saturated carbocycles. The molecule has 7 fully saturated rings. The van der Waals surface area contributed by atoms with Crippen molar-refractivity contribution in [2.45, 2.75) is 287 Å². The van der Waals surface area contributed by atoms with Gasteiger partial charge in [0.15, 0.2) is 52.4 Å². The van der Waals surface area contributed by atoms with E-state index in [-0.39, 0.29) is 104 Å². The number of piperidine rings is 6. The van der Waals surface area contributed by atoms with E-state index in [2.05, 4.69) is 66.3 Å². The number of carbonyl (C=O) groups is 3. The topological polar surface area (TPSA) is 229 Å². The van der Waals surface area contributed by atoms with E-state index in [1.54, 1.807) is 14.5 Å². The molecule has 3 aromatic carbocycles. The van der Waals surface area contributed by atoms with E-state index in [0.29, 0.717) is 166 Å². The Morgan fingerprint density at radius 3 is 1.15 bits per heavy atom. The minimum Gasteiger partial charge on any atom is -0.364 e. The molecule has 0 radical (unpaired) electrons. The zero-order valence-electron chi connectivity index (χ0n) is 81.5. The number of allylic oxidation sites excluding steroid dienone is 2. The smallest absolute Gasteiger partial charge is 0.226 e. The van der Waals surface area contributed by atoms with Crippen molar-refractivity contribution >= 4 is 58.2 Å². The van der Waals surface area contributed by atoms with E-state index in [4.69, 9.17) is 84.1 Å². The van der Waals surface area contributed by atoms with E-state index in [1.165, 1.54) is 37.2 Å². The fourth-order valence-corrected chi connectivity index (χ4v) is 25.2. The number of ether oxygens (including phenoxy) is 3. The van der Waals surface area contributed by atoms with Gasteiger partial charge in [0.25, 0.3) is 0 Å². The molecule has 3 amide bonds. The van der Waals surface area contributed by atoms with Crippen LogP contribution in [0.3, 0.4) is 0 Å². The number of aliphatic imine (C=N–C) groups is 1. The molecule has 0 bridgehead atoms. The highest BCUT2D eigenvalue weighted by Gasteiger charge is 2.62. The van der Waals surface area contributed by atoms with E-state index in [1.807, 2.05) is 103 Å². The molecule has 4 unspecified atom stereocenters. The van der Waals surface area contributed by atoms with E-state index in [0.717, 1.165) is 46.6 Å². The summed E-state index contributed by atoms with van der Waals surface area (Å²) in [4.78, 5) is 87.6. The summed E-state index contributed by atoms with van der Waals surface area (Å²) >= 11 is 20.9. The van der Waals surface area contributed by atoms with Gasteiger partial charge in [0.05, 0.1) is 78.8 Å². The summed E-state index contributed by atoms with van der Waals surface area (Å²) in [7, 11) is 1.85. The van der Waals surface area contributed by atoms with E-state index >= 15 is 35.9 Å². The number of amides is 3. The molecule has 138 heavy (non-hydrogen) atoms. The largest absolute Gasteiger partial charge is 0.364 e. The molecular weight excluding hydrogens is 1850 g/mol. The second kappa shape index (κ2) is 36.6. The van der Waals surface area contributed by atoms with Crippen LogP contribution in [0.25, 0.3) is 0 Å². The van der Waals surface area contributed by atoms with Gasteiger partial charge in [0.1, 0.15) is 53.3 Å². The Bertz CT molecular complexity index is 6150. The molecule has 36 heteroatoms. The second-order valence-corrected chi connectivity index (χ2v) is 45.5. The Balaban J connectivity index is 0.529. The van der Waals surface area contributed by atoms with Crippen molar-refractivity contribution in [2.75, 3.05) is 78.5 Å². The van der Waals surface area contributed by atoms with Crippen LogP contribution in [0.1, 0.15) is 272 Å². The van der Waals surface area contributed by atoms with Gasteiger partial charge in [-0.05, 0) is 241 Å². The highest BCUT2D eigenvalue weighted by Crippen LogP contribution is 2.60. The van der Waals surface area contributed by atoms with Crippen LogP contribution in [0.2, 0.25) is 10.0 Å². The van der Waals surface area contributed by atoms with Gasteiger partial charge in [0, 0.05) is 153 Å². The van der Waals surface area contributed by atoms with Crippen molar-refractivity contribution in [3.05, 3.63) is 209 Å². The summed E-state index contributed by atoms with van der Waals surface area (Å²) in [6.45, 7) is 36.2. The van der Waals surface area contributed by atoms with Crippen LogP contribution in [-0.2, 0) is 76.2 Å². The van der Waals surface area contributed by atoms with Gasteiger partial charge < -0.3 is 28.9 Å². The molecule has 10 aliphatic heterocycles. The number of likely N-dealkylation sites (tertiary alicyclic amines) is 6. The molecule has 10 atom stereocenters. The molecule has 7 saturated heterocycles. The van der Waals surface area contributed by atoms with Crippen molar-refractivity contribution in [1.29, 1.82) is 0 Å². The maximum Gasteiger partial charge on any atom is 0.226 e. The third kappa shape index (κ3) is 17.3. The highest BCUT2D eigenvalue weighted by atomic mass is 35.5.